The summed E-state index contributed by atoms with van der Waals surface area (Å²) in [6, 6.07) is 79.7. The molecule has 310 valence electrons. The van der Waals surface area contributed by atoms with Crippen LogP contribution < -0.4 is 9.64 Å². The summed E-state index contributed by atoms with van der Waals surface area (Å²) in [5, 5.41) is 5.76. The van der Waals surface area contributed by atoms with Gasteiger partial charge in [-0.3, -0.25) is 0 Å². The van der Waals surface area contributed by atoms with Crippen molar-refractivity contribution < 1.29 is 4.74 Å². The van der Waals surface area contributed by atoms with Gasteiger partial charge in [0.25, 0.3) is 0 Å². The third-order valence-electron chi connectivity index (χ3n) is 13.8. The monoisotopic (exact) mass is 897 g/mol. The zero-order valence-electron chi connectivity index (χ0n) is 35.3. The van der Waals surface area contributed by atoms with Crippen molar-refractivity contribution in [1.82, 2.24) is 0 Å². The van der Waals surface area contributed by atoms with Crippen molar-refractivity contribution in [1.29, 1.82) is 0 Å². The molecule has 66 heavy (non-hydrogen) atoms. The molecule has 2 aromatic heterocycles. The van der Waals surface area contributed by atoms with Gasteiger partial charge >= 0.3 is 0 Å². The fourth-order valence-corrected chi connectivity index (χ4v) is 13.5. The molecule has 14 rings (SSSR count). The van der Waals surface area contributed by atoms with Crippen LogP contribution in [0.2, 0.25) is 5.02 Å². The van der Waals surface area contributed by atoms with E-state index in [4.69, 9.17) is 16.3 Å². The Morgan fingerprint density at radius 1 is 0.394 bits per heavy atom. The molecule has 5 heteroatoms. The van der Waals surface area contributed by atoms with E-state index in [-0.39, 0.29) is 0 Å². The molecule has 0 atom stereocenters. The van der Waals surface area contributed by atoms with Crippen LogP contribution in [0.1, 0.15) is 22.3 Å². The van der Waals surface area contributed by atoms with Crippen molar-refractivity contribution >= 4 is 91.7 Å². The van der Waals surface area contributed by atoms with Gasteiger partial charge in [-0.15, -0.1) is 22.7 Å². The molecule has 0 saturated carbocycles. The number of ether oxygens (including phenoxy) is 1. The number of anilines is 3. The van der Waals surface area contributed by atoms with Crippen LogP contribution >= 0.6 is 34.3 Å². The lowest BCUT2D eigenvalue weighted by Gasteiger charge is -2.39. The SMILES string of the molecule is Clc1ccc2c(c1)-c1cc(-c3cc4sc5ccccc5c4cc3N(c3ccccc3)c3ccc4sc5ccccc5c4c3-c3ccccc3)ccc1C21c2ccccc2Oc2ccccc21. The molecule has 1 aliphatic carbocycles. The third kappa shape index (κ3) is 5.41. The van der Waals surface area contributed by atoms with E-state index in [0.29, 0.717) is 5.02 Å². The Balaban J connectivity index is 1.09. The van der Waals surface area contributed by atoms with Crippen molar-refractivity contribution in [3.05, 3.63) is 246 Å². The minimum Gasteiger partial charge on any atom is -0.457 e. The van der Waals surface area contributed by atoms with E-state index >= 15 is 0 Å². The third-order valence-corrected chi connectivity index (χ3v) is 16.3. The standard InChI is InChI=1S/C61H36ClNOS2/c62-39-28-30-48-45(34-39)44-33-38(27-29-47(44)61(48)49-21-9-11-23-53(49)64-54-24-12-10-22-50(54)61)43-36-58-46(41-19-7-13-25-55(41)66-58)35-52(43)63(40-17-5-2-6-18-40)51-31-32-57-60(42-20-8-14-26-56(42)65-57)59(51)37-15-3-1-4-16-37/h1-36H. The molecule has 10 aromatic carbocycles. The quantitative estimate of drug-likeness (QED) is 0.171. The molecule has 12 aromatic rings. The number of fused-ring (bicyclic) bond motifs is 15. The smallest absolute Gasteiger partial charge is 0.132 e. The fraction of sp³-hybridized carbons (Fsp3) is 0.0164. The van der Waals surface area contributed by atoms with Gasteiger partial charge in [0.1, 0.15) is 11.5 Å². The first-order valence-electron chi connectivity index (χ1n) is 22.3. The summed E-state index contributed by atoms with van der Waals surface area (Å²) >= 11 is 10.7. The van der Waals surface area contributed by atoms with E-state index < -0.39 is 5.41 Å². The summed E-state index contributed by atoms with van der Waals surface area (Å²) in [7, 11) is 0. The summed E-state index contributed by atoms with van der Waals surface area (Å²) in [5.74, 6) is 1.74. The zero-order valence-corrected chi connectivity index (χ0v) is 37.7. The van der Waals surface area contributed by atoms with Gasteiger partial charge in [0.15, 0.2) is 0 Å². The number of hydrogen-bond acceptors (Lipinski definition) is 4. The Hall–Kier alpha value is -7.47. The van der Waals surface area contributed by atoms with Crippen LogP contribution in [0.4, 0.5) is 17.1 Å². The van der Waals surface area contributed by atoms with Crippen LogP contribution in [0, 0.1) is 0 Å². The van der Waals surface area contributed by atoms with Crippen molar-refractivity contribution in [2.45, 2.75) is 5.41 Å². The van der Waals surface area contributed by atoms with Crippen molar-refractivity contribution in [3.8, 4) is 44.9 Å². The number of thiophene rings is 2. The largest absolute Gasteiger partial charge is 0.457 e. The van der Waals surface area contributed by atoms with E-state index in [0.717, 1.165) is 56.4 Å². The molecule has 0 fully saturated rings. The molecule has 0 unspecified atom stereocenters. The van der Waals surface area contributed by atoms with Gasteiger partial charge in [-0.1, -0.05) is 151 Å². The number of rotatable bonds is 5. The fourth-order valence-electron chi connectivity index (χ4n) is 11.1. The van der Waals surface area contributed by atoms with Crippen molar-refractivity contribution in [3.63, 3.8) is 0 Å². The molecule has 0 bridgehead atoms. The Labute approximate surface area is 394 Å². The van der Waals surface area contributed by atoms with Gasteiger partial charge in [0.2, 0.25) is 0 Å². The lowest BCUT2D eigenvalue weighted by molar-refractivity contribution is 0.436. The van der Waals surface area contributed by atoms with Crippen LogP contribution in [0.25, 0.3) is 73.7 Å². The van der Waals surface area contributed by atoms with Crippen LogP contribution in [0.15, 0.2) is 218 Å². The molecule has 0 saturated heterocycles. The minimum atomic E-state index is -0.600. The van der Waals surface area contributed by atoms with E-state index in [1.54, 1.807) is 0 Å². The summed E-state index contributed by atoms with van der Waals surface area (Å²) in [4.78, 5) is 2.51. The average Bonchev–Trinajstić information content (AvgIpc) is 4.02. The summed E-state index contributed by atoms with van der Waals surface area (Å²) in [6.07, 6.45) is 0. The van der Waals surface area contributed by atoms with Crippen LogP contribution in [-0.4, -0.2) is 0 Å². The summed E-state index contributed by atoms with van der Waals surface area (Å²) in [5.41, 5.74) is 14.4. The predicted octanol–water partition coefficient (Wildman–Crippen LogP) is 18.3. The highest BCUT2D eigenvalue weighted by Crippen LogP contribution is 2.63. The molecule has 2 aliphatic rings. The first-order chi connectivity index (χ1) is 32.6. The zero-order chi connectivity index (χ0) is 43.5. The number of benzene rings is 10. The van der Waals surface area contributed by atoms with Crippen molar-refractivity contribution in [2.75, 3.05) is 4.90 Å². The molecule has 2 nitrogen and oxygen atoms in total. The Bertz CT molecular complexity index is 3900. The van der Waals surface area contributed by atoms with Gasteiger partial charge in [-0.2, -0.15) is 0 Å². The summed E-state index contributed by atoms with van der Waals surface area (Å²) in [6.45, 7) is 0. The van der Waals surface area contributed by atoms with Gasteiger partial charge < -0.3 is 9.64 Å². The lowest BCUT2D eigenvalue weighted by Crippen LogP contribution is -2.32. The van der Waals surface area contributed by atoms with Gasteiger partial charge in [-0.05, 0) is 112 Å². The molecule has 0 N–H and O–H groups in total. The highest BCUT2D eigenvalue weighted by molar-refractivity contribution is 7.26. The molecule has 1 spiro atoms. The highest BCUT2D eigenvalue weighted by atomic mass is 35.5. The normalized spacial score (nSPS) is 13.2. The van der Waals surface area contributed by atoms with E-state index in [9.17, 15) is 0 Å². The number of halogens is 1. The Kier molecular flexibility index (Phi) is 8.33. The lowest BCUT2D eigenvalue weighted by atomic mass is 9.66. The molecular weight excluding hydrogens is 862 g/mol. The van der Waals surface area contributed by atoms with Crippen LogP contribution in [-0.2, 0) is 5.41 Å². The number of nitrogens with zero attached hydrogens (tertiary/aromatic N) is 1. The molecule has 0 amide bonds. The first-order valence-corrected chi connectivity index (χ1v) is 24.3. The van der Waals surface area contributed by atoms with Crippen molar-refractivity contribution in [2.24, 2.45) is 0 Å². The highest BCUT2D eigenvalue weighted by Gasteiger charge is 2.51. The van der Waals surface area contributed by atoms with Crippen LogP contribution in [0.3, 0.4) is 0 Å². The molecule has 1 aliphatic heterocycles. The van der Waals surface area contributed by atoms with Gasteiger partial charge in [-0.25, -0.2) is 0 Å². The molecule has 0 radical (unpaired) electrons. The molecule has 3 heterocycles. The maximum Gasteiger partial charge on any atom is 0.132 e. The van der Waals surface area contributed by atoms with Gasteiger partial charge in [0.05, 0.1) is 16.8 Å². The average molecular weight is 899 g/mol. The van der Waals surface area contributed by atoms with E-state index in [1.807, 2.05) is 28.7 Å². The number of para-hydroxylation sites is 3. The summed E-state index contributed by atoms with van der Waals surface area (Å²) < 4.78 is 11.7. The Morgan fingerprint density at radius 2 is 1.00 bits per heavy atom. The second-order valence-electron chi connectivity index (χ2n) is 17.2. The first kappa shape index (κ1) is 37.9. The van der Waals surface area contributed by atoms with E-state index in [1.165, 1.54) is 68.2 Å². The maximum atomic E-state index is 6.99. The minimum absolute atomic E-state index is 0.600. The van der Waals surface area contributed by atoms with Gasteiger partial charge in [0, 0.05) is 73.3 Å². The maximum absolute atomic E-state index is 6.99. The number of hydrogen-bond donors (Lipinski definition) is 0. The van der Waals surface area contributed by atoms with E-state index in [2.05, 4.69) is 217 Å². The van der Waals surface area contributed by atoms with Crippen LogP contribution in [0.5, 0.6) is 11.5 Å². The second kappa shape index (κ2) is 14.5. The Morgan fingerprint density at radius 3 is 1.76 bits per heavy atom. The second-order valence-corrected chi connectivity index (χ2v) is 19.8. The molecular formula is C61H36ClNOS2. The predicted molar refractivity (Wildman–Crippen MR) is 280 cm³/mol. The topological polar surface area (TPSA) is 12.5 Å².